The quantitative estimate of drug-likeness (QED) is 0.797. The molecular formula is C14H23NO. The Bertz CT molecular complexity index is 295. The third-order valence-corrected chi connectivity index (χ3v) is 2.92. The SMILES string of the molecule is COC(C)(C)CNC[C@@H](C)c1ccccc1. The fourth-order valence-corrected chi connectivity index (χ4v) is 1.56. The molecule has 0 aromatic heterocycles. The van der Waals surface area contributed by atoms with Gasteiger partial charge in [-0.15, -0.1) is 0 Å². The first-order valence-electron chi connectivity index (χ1n) is 5.86. The van der Waals surface area contributed by atoms with Gasteiger partial charge in [0.15, 0.2) is 0 Å². The third-order valence-electron chi connectivity index (χ3n) is 2.92. The number of benzene rings is 1. The minimum atomic E-state index is -0.0869. The Kier molecular flexibility index (Phi) is 4.97. The molecule has 0 aliphatic rings. The van der Waals surface area contributed by atoms with Crippen LogP contribution in [-0.4, -0.2) is 25.8 Å². The topological polar surface area (TPSA) is 21.3 Å². The highest BCUT2D eigenvalue weighted by Crippen LogP contribution is 2.13. The van der Waals surface area contributed by atoms with Gasteiger partial charge in [-0.1, -0.05) is 37.3 Å². The van der Waals surface area contributed by atoms with Gasteiger partial charge in [0.2, 0.25) is 0 Å². The molecule has 16 heavy (non-hydrogen) atoms. The van der Waals surface area contributed by atoms with Crippen LogP contribution in [0.4, 0.5) is 0 Å². The van der Waals surface area contributed by atoms with E-state index < -0.39 is 0 Å². The number of hydrogen-bond donors (Lipinski definition) is 1. The summed E-state index contributed by atoms with van der Waals surface area (Å²) in [6.07, 6.45) is 0. The van der Waals surface area contributed by atoms with Crippen molar-refractivity contribution >= 4 is 0 Å². The summed E-state index contributed by atoms with van der Waals surface area (Å²) in [5, 5.41) is 3.45. The summed E-state index contributed by atoms with van der Waals surface area (Å²) in [4.78, 5) is 0. The first-order valence-corrected chi connectivity index (χ1v) is 5.86. The van der Waals surface area contributed by atoms with E-state index in [-0.39, 0.29) is 5.60 Å². The highest BCUT2D eigenvalue weighted by atomic mass is 16.5. The van der Waals surface area contributed by atoms with Crippen LogP contribution in [0.25, 0.3) is 0 Å². The van der Waals surface area contributed by atoms with Gasteiger partial charge in [0.1, 0.15) is 0 Å². The van der Waals surface area contributed by atoms with Crippen LogP contribution in [0.5, 0.6) is 0 Å². The zero-order chi connectivity index (χ0) is 12.0. The van der Waals surface area contributed by atoms with Crippen LogP contribution >= 0.6 is 0 Å². The lowest BCUT2D eigenvalue weighted by Gasteiger charge is -2.24. The molecule has 0 radical (unpaired) electrons. The minimum Gasteiger partial charge on any atom is -0.377 e. The van der Waals surface area contributed by atoms with Crippen molar-refractivity contribution in [3.05, 3.63) is 35.9 Å². The van der Waals surface area contributed by atoms with E-state index in [4.69, 9.17) is 4.74 Å². The van der Waals surface area contributed by atoms with Gasteiger partial charge in [-0.25, -0.2) is 0 Å². The number of methoxy groups -OCH3 is 1. The van der Waals surface area contributed by atoms with Crippen molar-refractivity contribution in [2.45, 2.75) is 32.3 Å². The van der Waals surface area contributed by atoms with Gasteiger partial charge in [0.05, 0.1) is 5.60 Å². The second-order valence-electron chi connectivity index (χ2n) is 4.91. The standard InChI is InChI=1S/C14H23NO/c1-12(13-8-6-5-7-9-13)10-15-11-14(2,3)16-4/h5-9,12,15H,10-11H2,1-4H3/t12-/m1/s1. The Hall–Kier alpha value is -0.860. The lowest BCUT2D eigenvalue weighted by molar-refractivity contribution is 0.0232. The van der Waals surface area contributed by atoms with Crippen LogP contribution in [0, 0.1) is 0 Å². The van der Waals surface area contributed by atoms with E-state index in [1.807, 2.05) is 0 Å². The van der Waals surface area contributed by atoms with E-state index in [1.165, 1.54) is 5.56 Å². The highest BCUT2D eigenvalue weighted by Gasteiger charge is 2.15. The number of hydrogen-bond acceptors (Lipinski definition) is 2. The van der Waals surface area contributed by atoms with Gasteiger partial charge < -0.3 is 10.1 Å². The highest BCUT2D eigenvalue weighted by molar-refractivity contribution is 5.18. The van der Waals surface area contributed by atoms with Crippen LogP contribution in [0.15, 0.2) is 30.3 Å². The second-order valence-corrected chi connectivity index (χ2v) is 4.91. The smallest absolute Gasteiger partial charge is 0.0746 e. The normalized spacial score (nSPS) is 13.8. The summed E-state index contributed by atoms with van der Waals surface area (Å²) in [6.45, 7) is 8.28. The van der Waals surface area contributed by atoms with Gasteiger partial charge in [-0.05, 0) is 25.3 Å². The van der Waals surface area contributed by atoms with Crippen molar-refractivity contribution in [2.75, 3.05) is 20.2 Å². The Morgan fingerprint density at radius 1 is 1.25 bits per heavy atom. The Morgan fingerprint density at radius 3 is 2.44 bits per heavy atom. The molecule has 0 unspecified atom stereocenters. The van der Waals surface area contributed by atoms with Gasteiger partial charge in [0.25, 0.3) is 0 Å². The summed E-state index contributed by atoms with van der Waals surface area (Å²) in [5.74, 6) is 0.536. The molecule has 1 aromatic rings. The molecule has 90 valence electrons. The number of nitrogens with one attached hydrogen (secondary N) is 1. The summed E-state index contributed by atoms with van der Waals surface area (Å²) in [7, 11) is 1.75. The molecule has 1 N–H and O–H groups in total. The maximum absolute atomic E-state index is 5.36. The van der Waals surface area contributed by atoms with Gasteiger partial charge in [-0.3, -0.25) is 0 Å². The third kappa shape index (κ3) is 4.33. The summed E-state index contributed by atoms with van der Waals surface area (Å²) < 4.78 is 5.36. The van der Waals surface area contributed by atoms with Crippen LogP contribution in [0.1, 0.15) is 32.3 Å². The maximum Gasteiger partial charge on any atom is 0.0746 e. The van der Waals surface area contributed by atoms with Crippen molar-refractivity contribution in [1.82, 2.24) is 5.32 Å². The lowest BCUT2D eigenvalue weighted by atomic mass is 10.0. The fourth-order valence-electron chi connectivity index (χ4n) is 1.56. The summed E-state index contributed by atoms with van der Waals surface area (Å²) >= 11 is 0. The van der Waals surface area contributed by atoms with Crippen LogP contribution < -0.4 is 5.32 Å². The summed E-state index contributed by atoms with van der Waals surface area (Å²) in [5.41, 5.74) is 1.29. The minimum absolute atomic E-state index is 0.0869. The van der Waals surface area contributed by atoms with Gasteiger partial charge >= 0.3 is 0 Å². The molecule has 0 bridgehead atoms. The molecule has 1 aromatic carbocycles. The van der Waals surface area contributed by atoms with E-state index in [1.54, 1.807) is 7.11 Å². The lowest BCUT2D eigenvalue weighted by Crippen LogP contribution is -2.38. The molecule has 0 aliphatic carbocycles. The Morgan fingerprint density at radius 2 is 1.88 bits per heavy atom. The molecule has 1 rings (SSSR count). The van der Waals surface area contributed by atoms with E-state index in [9.17, 15) is 0 Å². The molecular weight excluding hydrogens is 198 g/mol. The second kappa shape index (κ2) is 6.02. The zero-order valence-corrected chi connectivity index (χ0v) is 10.8. The Balaban J connectivity index is 2.34. The molecule has 0 aliphatic heterocycles. The van der Waals surface area contributed by atoms with Gasteiger partial charge in [-0.2, -0.15) is 0 Å². The zero-order valence-electron chi connectivity index (χ0n) is 10.8. The van der Waals surface area contributed by atoms with Crippen molar-refractivity contribution in [2.24, 2.45) is 0 Å². The molecule has 0 saturated heterocycles. The summed E-state index contributed by atoms with van der Waals surface area (Å²) in [6, 6.07) is 10.6. The average molecular weight is 221 g/mol. The molecule has 2 nitrogen and oxygen atoms in total. The predicted molar refractivity (Wildman–Crippen MR) is 68.8 cm³/mol. The van der Waals surface area contributed by atoms with Gasteiger partial charge in [0, 0.05) is 20.2 Å². The molecule has 0 amide bonds. The molecule has 0 spiro atoms. The molecule has 2 heteroatoms. The Labute approximate surface area is 99.0 Å². The maximum atomic E-state index is 5.36. The average Bonchev–Trinajstić information content (AvgIpc) is 2.30. The van der Waals surface area contributed by atoms with Crippen LogP contribution in [0.2, 0.25) is 0 Å². The van der Waals surface area contributed by atoms with Crippen LogP contribution in [0.3, 0.4) is 0 Å². The van der Waals surface area contributed by atoms with Crippen molar-refractivity contribution in [1.29, 1.82) is 0 Å². The molecule has 0 saturated carbocycles. The van der Waals surface area contributed by atoms with E-state index in [0.29, 0.717) is 5.92 Å². The van der Waals surface area contributed by atoms with Crippen molar-refractivity contribution in [3.8, 4) is 0 Å². The predicted octanol–water partition coefficient (Wildman–Crippen LogP) is 2.80. The number of ether oxygens (including phenoxy) is 1. The van der Waals surface area contributed by atoms with E-state index in [2.05, 4.69) is 56.4 Å². The van der Waals surface area contributed by atoms with Crippen LogP contribution in [-0.2, 0) is 4.74 Å². The molecule has 0 heterocycles. The fraction of sp³-hybridized carbons (Fsp3) is 0.571. The van der Waals surface area contributed by atoms with E-state index in [0.717, 1.165) is 13.1 Å². The first kappa shape index (κ1) is 13.2. The van der Waals surface area contributed by atoms with Crippen molar-refractivity contribution in [3.63, 3.8) is 0 Å². The molecule has 0 fully saturated rings. The van der Waals surface area contributed by atoms with Crippen molar-refractivity contribution < 1.29 is 4.74 Å². The number of rotatable bonds is 6. The first-order chi connectivity index (χ1) is 7.55. The van der Waals surface area contributed by atoms with E-state index >= 15 is 0 Å². The molecule has 1 atom stereocenters. The monoisotopic (exact) mass is 221 g/mol. The largest absolute Gasteiger partial charge is 0.377 e.